The fourth-order valence-electron chi connectivity index (χ4n) is 4.88. The maximum Gasteiger partial charge on any atom is 0.272 e. The van der Waals surface area contributed by atoms with Crippen LogP contribution in [0.5, 0.6) is 11.5 Å². The molecule has 1 heterocycles. The molecule has 12 heteroatoms. The van der Waals surface area contributed by atoms with Crippen LogP contribution in [0.1, 0.15) is 35.7 Å². The molecule has 0 bridgehead atoms. The van der Waals surface area contributed by atoms with Gasteiger partial charge in [0, 0.05) is 21.7 Å². The average Bonchev–Trinajstić information content (AvgIpc) is 3.50. The van der Waals surface area contributed by atoms with E-state index < -0.39 is 17.1 Å². The predicted molar refractivity (Wildman–Crippen MR) is 191 cm³/mol. The third-order valence-electron chi connectivity index (χ3n) is 7.34. The molecule has 0 aromatic heterocycles. The number of carbonyl (C=O) groups excluding carboxylic acids is 4. The van der Waals surface area contributed by atoms with E-state index in [1.54, 1.807) is 78.9 Å². The zero-order chi connectivity index (χ0) is 34.8. The number of anilines is 2. The van der Waals surface area contributed by atoms with Crippen molar-refractivity contribution in [3.05, 3.63) is 120 Å². The second-order valence-corrected chi connectivity index (χ2v) is 12.0. The van der Waals surface area contributed by atoms with Crippen LogP contribution in [0, 0.1) is 0 Å². The van der Waals surface area contributed by atoms with E-state index in [0.29, 0.717) is 40.4 Å². The van der Waals surface area contributed by atoms with Gasteiger partial charge in [0.1, 0.15) is 23.0 Å². The highest BCUT2D eigenvalue weighted by Gasteiger charge is 2.28. The number of para-hydroxylation sites is 1. The number of rotatable bonds is 12. The molecule has 4 aromatic rings. The number of hydrogen-bond acceptors (Lipinski definition) is 8. The Labute approximate surface area is 288 Å². The lowest BCUT2D eigenvalue weighted by Gasteiger charge is -2.16. The number of benzene rings is 4. The third kappa shape index (κ3) is 8.93. The SMILES string of the molecule is CCC(Sc1cccc(NC(=O)/C(=C\c2cc(OC)ccc2OC)NC(=O)c2ccccc2)c1)C(=O)NC1=NN(c2ccccc2)C(=O)C1. The zero-order valence-corrected chi connectivity index (χ0v) is 28.0. The van der Waals surface area contributed by atoms with Gasteiger partial charge in [-0.15, -0.1) is 11.8 Å². The zero-order valence-electron chi connectivity index (χ0n) is 27.1. The van der Waals surface area contributed by atoms with E-state index in [2.05, 4.69) is 21.1 Å². The fourth-order valence-corrected chi connectivity index (χ4v) is 5.89. The van der Waals surface area contributed by atoms with Crippen molar-refractivity contribution in [1.29, 1.82) is 0 Å². The van der Waals surface area contributed by atoms with E-state index in [4.69, 9.17) is 9.47 Å². The summed E-state index contributed by atoms with van der Waals surface area (Å²) in [6.07, 6.45) is 2.00. The number of nitrogens with zero attached hydrogens (tertiary/aromatic N) is 2. The highest BCUT2D eigenvalue weighted by Crippen LogP contribution is 2.29. The number of thioether (sulfide) groups is 1. The quantitative estimate of drug-likeness (QED) is 0.126. The minimum Gasteiger partial charge on any atom is -0.497 e. The Morgan fingerprint density at radius 2 is 1.63 bits per heavy atom. The lowest BCUT2D eigenvalue weighted by atomic mass is 10.1. The maximum absolute atomic E-state index is 13.7. The van der Waals surface area contributed by atoms with Crippen molar-refractivity contribution in [2.75, 3.05) is 24.5 Å². The molecule has 0 saturated heterocycles. The molecule has 11 nitrogen and oxygen atoms in total. The Hall–Kier alpha value is -5.88. The van der Waals surface area contributed by atoms with Gasteiger partial charge in [-0.25, -0.2) is 0 Å². The number of methoxy groups -OCH3 is 2. The van der Waals surface area contributed by atoms with E-state index >= 15 is 0 Å². The van der Waals surface area contributed by atoms with Gasteiger partial charge in [-0.2, -0.15) is 10.1 Å². The van der Waals surface area contributed by atoms with Crippen molar-refractivity contribution in [2.45, 2.75) is 29.9 Å². The van der Waals surface area contributed by atoms with Crippen LogP contribution in [0.2, 0.25) is 0 Å². The molecule has 0 saturated carbocycles. The molecule has 250 valence electrons. The van der Waals surface area contributed by atoms with Crippen LogP contribution in [-0.4, -0.2) is 48.9 Å². The van der Waals surface area contributed by atoms with Crippen molar-refractivity contribution < 1.29 is 28.7 Å². The van der Waals surface area contributed by atoms with E-state index in [1.807, 2.05) is 31.2 Å². The first-order chi connectivity index (χ1) is 23.8. The van der Waals surface area contributed by atoms with Crippen LogP contribution >= 0.6 is 11.8 Å². The minimum absolute atomic E-state index is 0.0124. The Balaban J connectivity index is 1.31. The van der Waals surface area contributed by atoms with Crippen LogP contribution in [0.4, 0.5) is 11.4 Å². The summed E-state index contributed by atoms with van der Waals surface area (Å²) in [6.45, 7) is 1.89. The Kier molecular flexibility index (Phi) is 11.5. The van der Waals surface area contributed by atoms with E-state index in [0.717, 1.165) is 4.90 Å². The first-order valence-electron chi connectivity index (χ1n) is 15.4. The van der Waals surface area contributed by atoms with Gasteiger partial charge in [0.2, 0.25) is 5.91 Å². The van der Waals surface area contributed by atoms with E-state index in [1.165, 1.54) is 37.1 Å². The smallest absolute Gasteiger partial charge is 0.272 e. The molecule has 4 amide bonds. The Morgan fingerprint density at radius 3 is 2.33 bits per heavy atom. The van der Waals surface area contributed by atoms with Gasteiger partial charge in [0.15, 0.2) is 0 Å². The van der Waals surface area contributed by atoms with Crippen LogP contribution in [-0.2, 0) is 14.4 Å². The molecular weight excluding hydrogens is 643 g/mol. The molecule has 5 rings (SSSR count). The van der Waals surface area contributed by atoms with Gasteiger partial charge < -0.3 is 25.4 Å². The van der Waals surface area contributed by atoms with Crippen LogP contribution < -0.4 is 30.4 Å². The van der Waals surface area contributed by atoms with E-state index in [9.17, 15) is 19.2 Å². The molecule has 1 aliphatic rings. The topological polar surface area (TPSA) is 138 Å². The summed E-state index contributed by atoms with van der Waals surface area (Å²) < 4.78 is 10.8. The van der Waals surface area contributed by atoms with Gasteiger partial charge in [0.25, 0.3) is 17.7 Å². The van der Waals surface area contributed by atoms with Crippen LogP contribution in [0.3, 0.4) is 0 Å². The number of amides is 4. The average molecular weight is 678 g/mol. The monoisotopic (exact) mass is 677 g/mol. The van der Waals surface area contributed by atoms with Gasteiger partial charge >= 0.3 is 0 Å². The van der Waals surface area contributed by atoms with Crippen molar-refractivity contribution in [3.8, 4) is 11.5 Å². The van der Waals surface area contributed by atoms with Crippen molar-refractivity contribution in [2.24, 2.45) is 5.10 Å². The lowest BCUT2D eigenvalue weighted by Crippen LogP contribution is -2.36. The molecule has 0 aliphatic carbocycles. The van der Waals surface area contributed by atoms with Crippen molar-refractivity contribution in [1.82, 2.24) is 10.6 Å². The lowest BCUT2D eigenvalue weighted by molar-refractivity contribution is -0.119. The van der Waals surface area contributed by atoms with Crippen LogP contribution in [0.15, 0.2) is 119 Å². The second-order valence-electron chi connectivity index (χ2n) is 10.7. The molecule has 49 heavy (non-hydrogen) atoms. The summed E-state index contributed by atoms with van der Waals surface area (Å²) in [6, 6.07) is 29.7. The largest absolute Gasteiger partial charge is 0.497 e. The van der Waals surface area contributed by atoms with E-state index in [-0.39, 0.29) is 29.8 Å². The number of hydrogen-bond donors (Lipinski definition) is 3. The molecule has 1 atom stereocenters. The fraction of sp³-hybridized carbons (Fsp3) is 0.162. The number of ether oxygens (including phenoxy) is 2. The maximum atomic E-state index is 13.7. The van der Waals surface area contributed by atoms with Gasteiger partial charge in [0.05, 0.1) is 31.6 Å². The van der Waals surface area contributed by atoms with Gasteiger partial charge in [-0.3, -0.25) is 19.2 Å². The molecule has 0 fully saturated rings. The molecule has 4 aromatic carbocycles. The molecule has 3 N–H and O–H groups in total. The minimum atomic E-state index is -0.576. The van der Waals surface area contributed by atoms with Gasteiger partial charge in [-0.1, -0.05) is 49.4 Å². The normalized spacial score (nSPS) is 13.3. The number of amidine groups is 1. The van der Waals surface area contributed by atoms with Crippen LogP contribution in [0.25, 0.3) is 6.08 Å². The molecular formula is C37H35N5O6S. The first kappa shape index (κ1) is 34.5. The number of carbonyl (C=O) groups is 4. The summed E-state index contributed by atoms with van der Waals surface area (Å²) in [4.78, 5) is 53.3. The molecule has 0 radical (unpaired) electrons. The standard InChI is InChI=1S/C37H35N5O6S/c1-4-32(37(46)40-33-23-34(43)42(41-33)27-15-9-6-10-16-27)49-29-17-11-14-26(22-29)38-36(45)30(39-35(44)24-12-7-5-8-13-24)21-25-20-28(47-2)18-19-31(25)48-3/h5-22,32H,4,23H2,1-3H3,(H,38,45)(H,39,44)(H,40,41,46)/b30-21+. The summed E-state index contributed by atoms with van der Waals surface area (Å²) >= 11 is 1.32. The highest BCUT2D eigenvalue weighted by molar-refractivity contribution is 8.00. The predicted octanol–water partition coefficient (Wildman–Crippen LogP) is 5.85. The molecule has 1 aliphatic heterocycles. The summed E-state index contributed by atoms with van der Waals surface area (Å²) in [5.74, 6) is -0.265. The summed E-state index contributed by atoms with van der Waals surface area (Å²) in [5, 5.41) is 13.5. The molecule has 0 spiro atoms. The first-order valence-corrected chi connectivity index (χ1v) is 16.3. The van der Waals surface area contributed by atoms with Gasteiger partial charge in [-0.05, 0) is 73.2 Å². The third-order valence-corrected chi connectivity index (χ3v) is 8.70. The number of nitrogens with one attached hydrogen (secondary N) is 3. The van der Waals surface area contributed by atoms with Crippen molar-refractivity contribution >= 4 is 58.7 Å². The highest BCUT2D eigenvalue weighted by atomic mass is 32.2. The van der Waals surface area contributed by atoms with Crippen molar-refractivity contribution in [3.63, 3.8) is 0 Å². The molecule has 1 unspecified atom stereocenters. The summed E-state index contributed by atoms with van der Waals surface area (Å²) in [7, 11) is 3.04. The Morgan fingerprint density at radius 1 is 0.898 bits per heavy atom. The second kappa shape index (κ2) is 16.3. The summed E-state index contributed by atoms with van der Waals surface area (Å²) in [5.41, 5.74) is 1.94. The Bertz CT molecular complexity index is 1900. The number of hydrazone groups is 1.